The second-order valence-electron chi connectivity index (χ2n) is 6.63. The van der Waals surface area contributed by atoms with Crippen LogP contribution in [0.15, 0.2) is 71.0 Å². The molecule has 0 saturated heterocycles. The predicted molar refractivity (Wildman–Crippen MR) is 113 cm³/mol. The van der Waals surface area contributed by atoms with Gasteiger partial charge in [0.1, 0.15) is 5.70 Å². The van der Waals surface area contributed by atoms with E-state index in [9.17, 15) is 14.4 Å². The van der Waals surface area contributed by atoms with Gasteiger partial charge in [-0.05, 0) is 54.1 Å². The molecule has 0 radical (unpaired) electrons. The summed E-state index contributed by atoms with van der Waals surface area (Å²) in [5.74, 6) is -0.579. The summed E-state index contributed by atoms with van der Waals surface area (Å²) in [4.78, 5) is 37.3. The number of amides is 2. The quantitative estimate of drug-likeness (QED) is 0.452. The molecule has 0 saturated carbocycles. The van der Waals surface area contributed by atoms with Gasteiger partial charge in [0.15, 0.2) is 17.3 Å². The van der Waals surface area contributed by atoms with Crippen LogP contribution in [0.4, 0.5) is 5.69 Å². The van der Waals surface area contributed by atoms with Crippen molar-refractivity contribution in [2.24, 2.45) is 0 Å². The summed E-state index contributed by atoms with van der Waals surface area (Å²) in [6.45, 7) is 0.113. The monoisotopic (exact) mass is 434 g/mol. The van der Waals surface area contributed by atoms with Crippen LogP contribution in [0.1, 0.15) is 26.5 Å². The number of carbonyl (C=O) groups is 3. The average Bonchev–Trinajstić information content (AvgIpc) is 3.50. The van der Waals surface area contributed by atoms with Crippen LogP contribution in [0.5, 0.6) is 11.5 Å². The molecule has 4 rings (SSSR count). The topological polar surface area (TPSA) is 116 Å². The van der Waals surface area contributed by atoms with Crippen LogP contribution in [-0.4, -0.2) is 31.7 Å². The van der Waals surface area contributed by atoms with E-state index in [1.165, 1.54) is 31.6 Å². The Kier molecular flexibility index (Phi) is 5.89. The molecule has 9 heteroatoms. The van der Waals surface area contributed by atoms with Crippen molar-refractivity contribution in [2.75, 3.05) is 19.2 Å². The molecule has 2 amide bonds. The van der Waals surface area contributed by atoms with E-state index in [0.717, 1.165) is 0 Å². The first kappa shape index (κ1) is 20.7. The van der Waals surface area contributed by atoms with Crippen molar-refractivity contribution >= 4 is 29.5 Å². The maximum absolute atomic E-state index is 13.0. The smallest absolute Gasteiger partial charge is 0.337 e. The first-order chi connectivity index (χ1) is 15.5. The van der Waals surface area contributed by atoms with Crippen LogP contribution < -0.4 is 20.1 Å². The lowest BCUT2D eigenvalue weighted by Gasteiger charge is -2.11. The second-order valence-corrected chi connectivity index (χ2v) is 6.63. The molecular formula is C23H18N2O7. The fraction of sp³-hybridized carbons (Fsp3) is 0.0870. The Hall–Kier alpha value is -4.53. The number of benzene rings is 2. The van der Waals surface area contributed by atoms with Gasteiger partial charge in [-0.25, -0.2) is 4.79 Å². The van der Waals surface area contributed by atoms with Gasteiger partial charge >= 0.3 is 5.97 Å². The lowest BCUT2D eigenvalue weighted by Crippen LogP contribution is -2.30. The zero-order valence-electron chi connectivity index (χ0n) is 16.9. The normalized spacial score (nSPS) is 12.2. The van der Waals surface area contributed by atoms with Gasteiger partial charge in [-0.1, -0.05) is 12.1 Å². The highest BCUT2D eigenvalue weighted by Gasteiger charge is 2.19. The molecule has 32 heavy (non-hydrogen) atoms. The van der Waals surface area contributed by atoms with Gasteiger partial charge in [0.2, 0.25) is 6.79 Å². The van der Waals surface area contributed by atoms with Crippen LogP contribution in [0.3, 0.4) is 0 Å². The summed E-state index contributed by atoms with van der Waals surface area (Å²) < 4.78 is 20.5. The Morgan fingerprint density at radius 1 is 1.00 bits per heavy atom. The molecule has 1 aliphatic rings. The number of methoxy groups -OCH3 is 1. The third kappa shape index (κ3) is 4.62. The van der Waals surface area contributed by atoms with Gasteiger partial charge in [-0.3, -0.25) is 9.59 Å². The second kappa shape index (κ2) is 9.09. The first-order valence-corrected chi connectivity index (χ1v) is 9.49. The van der Waals surface area contributed by atoms with Crippen LogP contribution in [0.2, 0.25) is 0 Å². The van der Waals surface area contributed by atoms with E-state index in [1.807, 2.05) is 0 Å². The zero-order chi connectivity index (χ0) is 22.5. The molecule has 1 aromatic heterocycles. The van der Waals surface area contributed by atoms with E-state index in [4.69, 9.17) is 18.6 Å². The number of nitrogens with one attached hydrogen (secondary N) is 2. The van der Waals surface area contributed by atoms with E-state index in [1.54, 1.807) is 42.5 Å². The molecule has 2 N–H and O–H groups in total. The Bertz CT molecular complexity index is 1200. The van der Waals surface area contributed by atoms with Crippen LogP contribution in [0, 0.1) is 0 Å². The molecule has 0 atom stereocenters. The average molecular weight is 434 g/mol. The zero-order valence-corrected chi connectivity index (χ0v) is 16.9. The Morgan fingerprint density at radius 3 is 2.62 bits per heavy atom. The van der Waals surface area contributed by atoms with E-state index in [0.29, 0.717) is 22.7 Å². The van der Waals surface area contributed by atoms with Crippen LogP contribution >= 0.6 is 0 Å². The lowest BCUT2D eigenvalue weighted by atomic mass is 10.1. The summed E-state index contributed by atoms with van der Waals surface area (Å²) in [5, 5.41) is 5.23. The van der Waals surface area contributed by atoms with Gasteiger partial charge in [0.25, 0.3) is 11.8 Å². The maximum Gasteiger partial charge on any atom is 0.337 e. The summed E-state index contributed by atoms with van der Waals surface area (Å²) in [5.41, 5.74) is 1.17. The van der Waals surface area contributed by atoms with Crippen molar-refractivity contribution in [3.63, 3.8) is 0 Å². The predicted octanol–water partition coefficient (Wildman–Crippen LogP) is 3.20. The first-order valence-electron chi connectivity index (χ1n) is 9.49. The number of carbonyl (C=O) groups excluding carboxylic acids is 3. The van der Waals surface area contributed by atoms with Gasteiger partial charge < -0.3 is 29.3 Å². The Morgan fingerprint density at radius 2 is 1.84 bits per heavy atom. The molecule has 0 bridgehead atoms. The minimum atomic E-state index is -0.607. The largest absolute Gasteiger partial charge is 0.465 e. The Balaban J connectivity index is 1.61. The number of ether oxygens (including phenoxy) is 3. The molecule has 0 aliphatic carbocycles. The third-order valence-electron chi connectivity index (χ3n) is 4.49. The van der Waals surface area contributed by atoms with E-state index in [2.05, 4.69) is 10.6 Å². The van der Waals surface area contributed by atoms with Gasteiger partial charge in [0.05, 0.1) is 18.9 Å². The standard InChI is InChI=1S/C23H18N2O7/c1-29-23(28)15-4-2-5-16(12-15)24-21(26)17(25-22(27)19-6-3-9-30-19)10-14-7-8-18-20(11-14)32-13-31-18/h2-12H,13H2,1H3,(H,24,26)(H,25,27)/b17-10+. The van der Waals surface area contributed by atoms with Gasteiger partial charge in [-0.15, -0.1) is 0 Å². The minimum Gasteiger partial charge on any atom is -0.465 e. The molecule has 1 aliphatic heterocycles. The molecule has 9 nitrogen and oxygen atoms in total. The fourth-order valence-corrected chi connectivity index (χ4v) is 2.96. The summed E-state index contributed by atoms with van der Waals surface area (Å²) in [7, 11) is 1.27. The van der Waals surface area contributed by atoms with Crippen LogP contribution in [-0.2, 0) is 9.53 Å². The van der Waals surface area contributed by atoms with Gasteiger partial charge in [-0.2, -0.15) is 0 Å². The third-order valence-corrected chi connectivity index (χ3v) is 4.49. The highest BCUT2D eigenvalue weighted by Crippen LogP contribution is 2.33. The molecule has 0 fully saturated rings. The molecule has 0 spiro atoms. The number of furan rings is 1. The van der Waals surface area contributed by atoms with Crippen molar-refractivity contribution in [3.05, 3.63) is 83.4 Å². The van der Waals surface area contributed by atoms with Crippen molar-refractivity contribution in [1.29, 1.82) is 0 Å². The number of hydrogen-bond donors (Lipinski definition) is 2. The van der Waals surface area contributed by atoms with E-state index in [-0.39, 0.29) is 23.8 Å². The summed E-state index contributed by atoms with van der Waals surface area (Å²) >= 11 is 0. The van der Waals surface area contributed by atoms with Crippen molar-refractivity contribution < 1.29 is 33.0 Å². The number of hydrogen-bond acceptors (Lipinski definition) is 7. The highest BCUT2D eigenvalue weighted by molar-refractivity contribution is 6.10. The lowest BCUT2D eigenvalue weighted by molar-refractivity contribution is -0.113. The number of rotatable bonds is 6. The van der Waals surface area contributed by atoms with Crippen LogP contribution in [0.25, 0.3) is 6.08 Å². The molecule has 3 aromatic rings. The molecule has 2 heterocycles. The Labute approximate surface area is 182 Å². The summed E-state index contributed by atoms with van der Waals surface area (Å²) in [6.07, 6.45) is 2.84. The van der Waals surface area contributed by atoms with E-state index < -0.39 is 17.8 Å². The van der Waals surface area contributed by atoms with Crippen molar-refractivity contribution in [1.82, 2.24) is 5.32 Å². The molecule has 2 aromatic carbocycles. The maximum atomic E-state index is 13.0. The summed E-state index contributed by atoms with van der Waals surface area (Å²) in [6, 6.07) is 14.4. The SMILES string of the molecule is COC(=O)c1cccc(NC(=O)/C(=C\c2ccc3c(c2)OCO3)NC(=O)c2ccco2)c1. The van der Waals surface area contributed by atoms with Gasteiger partial charge in [0, 0.05) is 5.69 Å². The minimum absolute atomic E-state index is 0.0436. The van der Waals surface area contributed by atoms with Crippen molar-refractivity contribution in [2.45, 2.75) is 0 Å². The number of esters is 1. The molecule has 162 valence electrons. The molecular weight excluding hydrogens is 416 g/mol. The molecule has 0 unspecified atom stereocenters. The fourth-order valence-electron chi connectivity index (χ4n) is 2.96. The van der Waals surface area contributed by atoms with Crippen molar-refractivity contribution in [3.8, 4) is 11.5 Å². The highest BCUT2D eigenvalue weighted by atomic mass is 16.7. The number of anilines is 1. The van der Waals surface area contributed by atoms with E-state index >= 15 is 0 Å². The number of fused-ring (bicyclic) bond motifs is 1.